The van der Waals surface area contributed by atoms with Crippen LogP contribution in [0.2, 0.25) is 0 Å². The molecule has 0 aliphatic heterocycles. The van der Waals surface area contributed by atoms with Gasteiger partial charge in [0.15, 0.2) is 0 Å². The third-order valence-corrected chi connectivity index (χ3v) is 3.04. The summed E-state index contributed by atoms with van der Waals surface area (Å²) in [7, 11) is 0. The number of nitriles is 1. The number of rotatable bonds is 7. The summed E-state index contributed by atoms with van der Waals surface area (Å²) in [5, 5.41) is 12.1. The lowest BCUT2D eigenvalue weighted by Gasteiger charge is -2.22. The second-order valence-electron chi connectivity index (χ2n) is 4.81. The fraction of sp³-hybridized carbons (Fsp3) is 0.533. The van der Waals surface area contributed by atoms with Crippen LogP contribution in [0.15, 0.2) is 18.2 Å². The maximum atomic E-state index is 13.6. The molecule has 0 spiro atoms. The minimum absolute atomic E-state index is 0.171. The third kappa shape index (κ3) is 4.98. The average Bonchev–Trinajstić information content (AvgIpc) is 2.40. The van der Waals surface area contributed by atoms with Crippen LogP contribution in [-0.2, 0) is 11.3 Å². The van der Waals surface area contributed by atoms with Crippen LogP contribution >= 0.6 is 0 Å². The molecule has 0 aromatic heterocycles. The number of nitrogens with zero attached hydrogens (tertiary/aromatic N) is 1. The molecular weight excluding hydrogens is 243 g/mol. The van der Waals surface area contributed by atoms with E-state index in [1.165, 1.54) is 12.1 Å². The Hall–Kier alpha value is -1.44. The van der Waals surface area contributed by atoms with Gasteiger partial charge in [-0.25, -0.2) is 4.39 Å². The summed E-state index contributed by atoms with van der Waals surface area (Å²) in [6.07, 6.45) is 0. The Kier molecular flexibility index (Phi) is 6.48. The lowest BCUT2D eigenvalue weighted by molar-refractivity contribution is 0.107. The molecule has 1 unspecified atom stereocenters. The first-order chi connectivity index (χ1) is 9.08. The van der Waals surface area contributed by atoms with E-state index < -0.39 is 0 Å². The van der Waals surface area contributed by atoms with Crippen molar-refractivity contribution in [2.45, 2.75) is 33.4 Å². The van der Waals surface area contributed by atoms with Crippen LogP contribution < -0.4 is 5.32 Å². The van der Waals surface area contributed by atoms with Crippen molar-refractivity contribution in [3.8, 4) is 6.07 Å². The highest BCUT2D eigenvalue weighted by Gasteiger charge is 2.14. The van der Waals surface area contributed by atoms with Crippen molar-refractivity contribution < 1.29 is 9.13 Å². The van der Waals surface area contributed by atoms with E-state index in [0.29, 0.717) is 36.8 Å². The highest BCUT2D eigenvalue weighted by Crippen LogP contribution is 2.11. The van der Waals surface area contributed by atoms with Crippen LogP contribution in [0, 0.1) is 23.1 Å². The van der Waals surface area contributed by atoms with Crippen molar-refractivity contribution in [2.24, 2.45) is 5.92 Å². The Bertz CT molecular complexity index is 440. The van der Waals surface area contributed by atoms with Crippen LogP contribution in [0.5, 0.6) is 0 Å². The number of nitrogens with one attached hydrogen (secondary N) is 1. The van der Waals surface area contributed by atoms with Gasteiger partial charge in [0.1, 0.15) is 5.82 Å². The number of ether oxygens (including phenoxy) is 1. The van der Waals surface area contributed by atoms with Crippen LogP contribution in [0.1, 0.15) is 31.9 Å². The Labute approximate surface area is 114 Å². The fourth-order valence-corrected chi connectivity index (χ4v) is 1.75. The first kappa shape index (κ1) is 15.6. The SMILES string of the molecule is CCOCC(NCc1cc(C#N)ccc1F)C(C)C. The van der Waals surface area contributed by atoms with Gasteiger partial charge in [-0.1, -0.05) is 13.8 Å². The number of hydrogen-bond acceptors (Lipinski definition) is 3. The van der Waals surface area contributed by atoms with Crippen LogP contribution in [-0.4, -0.2) is 19.3 Å². The molecule has 3 nitrogen and oxygen atoms in total. The Morgan fingerprint density at radius 2 is 2.16 bits per heavy atom. The van der Waals surface area contributed by atoms with Gasteiger partial charge in [0.05, 0.1) is 18.2 Å². The molecule has 0 fully saturated rings. The van der Waals surface area contributed by atoms with Crippen molar-refractivity contribution in [1.29, 1.82) is 5.26 Å². The molecular formula is C15H21FN2O. The maximum absolute atomic E-state index is 13.6. The van der Waals surface area contributed by atoms with E-state index in [-0.39, 0.29) is 11.9 Å². The molecule has 1 aromatic rings. The lowest BCUT2D eigenvalue weighted by atomic mass is 10.0. The van der Waals surface area contributed by atoms with Crippen LogP contribution in [0.3, 0.4) is 0 Å². The molecule has 4 heteroatoms. The standard InChI is InChI=1S/C15H21FN2O/c1-4-19-10-15(11(2)3)18-9-13-7-12(8-17)5-6-14(13)16/h5-7,11,15,18H,4,9-10H2,1-3H3. The van der Waals surface area contributed by atoms with Gasteiger partial charge >= 0.3 is 0 Å². The molecule has 0 bridgehead atoms. The van der Waals surface area contributed by atoms with Gasteiger partial charge in [-0.3, -0.25) is 0 Å². The summed E-state index contributed by atoms with van der Waals surface area (Å²) in [6.45, 7) is 7.82. The molecule has 1 N–H and O–H groups in total. The molecule has 19 heavy (non-hydrogen) atoms. The molecule has 0 saturated carbocycles. The summed E-state index contributed by atoms with van der Waals surface area (Å²) in [5.41, 5.74) is 0.991. The van der Waals surface area contributed by atoms with Crippen molar-refractivity contribution in [3.63, 3.8) is 0 Å². The molecule has 1 rings (SSSR count). The summed E-state index contributed by atoms with van der Waals surface area (Å²) >= 11 is 0. The van der Waals surface area contributed by atoms with Gasteiger partial charge in [-0.2, -0.15) is 5.26 Å². The molecule has 0 aliphatic carbocycles. The zero-order chi connectivity index (χ0) is 14.3. The topological polar surface area (TPSA) is 45.0 Å². The van der Waals surface area contributed by atoms with E-state index in [0.717, 1.165) is 0 Å². The molecule has 1 atom stereocenters. The summed E-state index contributed by atoms with van der Waals surface area (Å²) in [6, 6.07) is 6.60. The smallest absolute Gasteiger partial charge is 0.127 e. The second kappa shape index (κ2) is 7.88. The number of benzene rings is 1. The maximum Gasteiger partial charge on any atom is 0.127 e. The van der Waals surface area contributed by atoms with E-state index in [1.807, 2.05) is 13.0 Å². The van der Waals surface area contributed by atoms with E-state index in [1.54, 1.807) is 6.07 Å². The molecule has 0 saturated heterocycles. The molecule has 0 amide bonds. The van der Waals surface area contributed by atoms with Gasteiger partial charge in [-0.05, 0) is 31.0 Å². The van der Waals surface area contributed by atoms with Gasteiger partial charge in [0, 0.05) is 24.8 Å². The number of halogens is 1. The monoisotopic (exact) mass is 264 g/mol. The van der Waals surface area contributed by atoms with Gasteiger partial charge < -0.3 is 10.1 Å². The van der Waals surface area contributed by atoms with Crippen molar-refractivity contribution in [1.82, 2.24) is 5.32 Å². The molecule has 0 aliphatic rings. The van der Waals surface area contributed by atoms with Crippen molar-refractivity contribution >= 4 is 0 Å². The van der Waals surface area contributed by atoms with Gasteiger partial charge in [-0.15, -0.1) is 0 Å². The van der Waals surface area contributed by atoms with Gasteiger partial charge in [0.25, 0.3) is 0 Å². The Morgan fingerprint density at radius 3 is 2.74 bits per heavy atom. The lowest BCUT2D eigenvalue weighted by Crippen LogP contribution is -2.37. The zero-order valence-corrected chi connectivity index (χ0v) is 11.7. The first-order valence-corrected chi connectivity index (χ1v) is 6.58. The minimum atomic E-state index is -0.287. The number of hydrogen-bond donors (Lipinski definition) is 1. The van der Waals surface area contributed by atoms with Crippen molar-refractivity contribution in [2.75, 3.05) is 13.2 Å². The Morgan fingerprint density at radius 1 is 1.42 bits per heavy atom. The third-order valence-electron chi connectivity index (χ3n) is 3.04. The normalized spacial score (nSPS) is 12.4. The zero-order valence-electron chi connectivity index (χ0n) is 11.7. The molecule has 0 heterocycles. The quantitative estimate of drug-likeness (QED) is 0.823. The highest BCUT2D eigenvalue weighted by atomic mass is 19.1. The summed E-state index contributed by atoms with van der Waals surface area (Å²) in [5.74, 6) is 0.110. The van der Waals surface area contributed by atoms with Gasteiger partial charge in [0.2, 0.25) is 0 Å². The van der Waals surface area contributed by atoms with Crippen LogP contribution in [0.4, 0.5) is 4.39 Å². The van der Waals surface area contributed by atoms with E-state index >= 15 is 0 Å². The largest absolute Gasteiger partial charge is 0.380 e. The molecule has 104 valence electrons. The van der Waals surface area contributed by atoms with E-state index in [2.05, 4.69) is 19.2 Å². The van der Waals surface area contributed by atoms with E-state index in [9.17, 15) is 4.39 Å². The molecule has 1 aromatic carbocycles. The predicted octanol–water partition coefficient (Wildman–Crippen LogP) is 2.85. The highest BCUT2D eigenvalue weighted by molar-refractivity contribution is 5.33. The first-order valence-electron chi connectivity index (χ1n) is 6.58. The fourth-order valence-electron chi connectivity index (χ4n) is 1.75. The summed E-state index contributed by atoms with van der Waals surface area (Å²) in [4.78, 5) is 0. The van der Waals surface area contributed by atoms with Crippen LogP contribution in [0.25, 0.3) is 0 Å². The van der Waals surface area contributed by atoms with Crippen molar-refractivity contribution in [3.05, 3.63) is 35.1 Å². The summed E-state index contributed by atoms with van der Waals surface area (Å²) < 4.78 is 19.0. The molecule has 0 radical (unpaired) electrons. The average molecular weight is 264 g/mol. The predicted molar refractivity (Wildman–Crippen MR) is 73.1 cm³/mol. The Balaban J connectivity index is 2.66. The second-order valence-corrected chi connectivity index (χ2v) is 4.81. The minimum Gasteiger partial charge on any atom is -0.380 e. The van der Waals surface area contributed by atoms with E-state index in [4.69, 9.17) is 10.00 Å².